The second-order valence-corrected chi connectivity index (χ2v) is 5.34. The smallest absolute Gasteiger partial charge is 0.243 e. The lowest BCUT2D eigenvalue weighted by Gasteiger charge is -2.22. The van der Waals surface area contributed by atoms with Crippen LogP contribution in [0.15, 0.2) is 36.7 Å². The normalized spacial score (nSPS) is 17.3. The molecule has 0 saturated heterocycles. The van der Waals surface area contributed by atoms with Crippen molar-refractivity contribution in [3.05, 3.63) is 52.8 Å². The molecule has 21 heavy (non-hydrogen) atoms. The maximum absolute atomic E-state index is 12.4. The van der Waals surface area contributed by atoms with Crippen molar-refractivity contribution in [3.8, 4) is 0 Å². The molecule has 1 aromatic carbocycles. The predicted octanol–water partition coefficient (Wildman–Crippen LogP) is 2.31. The SMILES string of the molecule is Cn1ccc(C(=O)C2C(=O)Nc3cc(Cl)ccc3C2=O)c1. The Morgan fingerprint density at radius 3 is 2.71 bits per heavy atom. The molecular weight excluding hydrogens is 292 g/mol. The Morgan fingerprint density at radius 1 is 1.29 bits per heavy atom. The summed E-state index contributed by atoms with van der Waals surface area (Å²) in [4.78, 5) is 36.9. The fourth-order valence-electron chi connectivity index (χ4n) is 2.37. The molecule has 0 radical (unpaired) electrons. The lowest BCUT2D eigenvalue weighted by molar-refractivity contribution is -0.117. The lowest BCUT2D eigenvalue weighted by Crippen LogP contribution is -2.40. The molecule has 0 aliphatic carbocycles. The number of aryl methyl sites for hydroxylation is 1. The van der Waals surface area contributed by atoms with Crippen molar-refractivity contribution in [1.82, 2.24) is 4.57 Å². The van der Waals surface area contributed by atoms with Gasteiger partial charge in [0.25, 0.3) is 0 Å². The van der Waals surface area contributed by atoms with Gasteiger partial charge in [0.15, 0.2) is 17.5 Å². The highest BCUT2D eigenvalue weighted by Gasteiger charge is 2.40. The van der Waals surface area contributed by atoms with Crippen LogP contribution in [-0.4, -0.2) is 22.0 Å². The standard InChI is InChI=1S/C15H11ClN2O3/c1-18-5-4-8(7-18)13(19)12-14(20)10-3-2-9(16)6-11(10)17-15(12)21/h2-7,12H,1H3,(H,17,21). The van der Waals surface area contributed by atoms with Crippen LogP contribution in [0.25, 0.3) is 0 Å². The summed E-state index contributed by atoms with van der Waals surface area (Å²) in [6, 6.07) is 6.15. The number of anilines is 1. The summed E-state index contributed by atoms with van der Waals surface area (Å²) in [6.07, 6.45) is 3.27. The molecule has 1 aliphatic rings. The summed E-state index contributed by atoms with van der Waals surface area (Å²) in [6.45, 7) is 0. The number of nitrogens with one attached hydrogen (secondary N) is 1. The molecule has 1 N–H and O–H groups in total. The minimum Gasteiger partial charge on any atom is -0.357 e. The minimum atomic E-state index is -1.35. The molecule has 106 valence electrons. The summed E-state index contributed by atoms with van der Waals surface area (Å²) < 4.78 is 1.69. The Bertz CT molecular complexity index is 779. The van der Waals surface area contributed by atoms with Crippen LogP contribution in [0.5, 0.6) is 0 Å². The van der Waals surface area contributed by atoms with Crippen molar-refractivity contribution in [2.45, 2.75) is 0 Å². The maximum atomic E-state index is 12.4. The number of carbonyl (C=O) groups is 3. The molecule has 1 atom stereocenters. The number of nitrogens with zero attached hydrogens (tertiary/aromatic N) is 1. The number of hydrogen-bond donors (Lipinski definition) is 1. The van der Waals surface area contributed by atoms with Gasteiger partial charge in [-0.2, -0.15) is 0 Å². The first-order valence-corrected chi connectivity index (χ1v) is 6.66. The summed E-state index contributed by atoms with van der Waals surface area (Å²) in [5.74, 6) is -2.97. The van der Waals surface area contributed by atoms with Gasteiger partial charge in [-0.05, 0) is 24.3 Å². The Hall–Kier alpha value is -2.40. The Morgan fingerprint density at radius 2 is 2.05 bits per heavy atom. The molecule has 0 fully saturated rings. The van der Waals surface area contributed by atoms with Crippen molar-refractivity contribution in [1.29, 1.82) is 0 Å². The van der Waals surface area contributed by atoms with Crippen molar-refractivity contribution < 1.29 is 14.4 Å². The van der Waals surface area contributed by atoms with Gasteiger partial charge in [0.2, 0.25) is 5.91 Å². The van der Waals surface area contributed by atoms with Crippen LogP contribution in [0, 0.1) is 5.92 Å². The number of Topliss-reactive ketones (excluding diaryl/α,β-unsaturated/α-hetero) is 2. The van der Waals surface area contributed by atoms with E-state index in [1.54, 1.807) is 36.1 Å². The van der Waals surface area contributed by atoms with Crippen LogP contribution in [0.3, 0.4) is 0 Å². The van der Waals surface area contributed by atoms with Gasteiger partial charge < -0.3 is 9.88 Å². The van der Waals surface area contributed by atoms with E-state index in [0.717, 1.165) is 0 Å². The second kappa shape index (κ2) is 4.86. The molecule has 5 nitrogen and oxygen atoms in total. The second-order valence-electron chi connectivity index (χ2n) is 4.91. The Balaban J connectivity index is 2.01. The zero-order valence-corrected chi connectivity index (χ0v) is 11.8. The quantitative estimate of drug-likeness (QED) is 0.684. The van der Waals surface area contributed by atoms with E-state index in [-0.39, 0.29) is 0 Å². The first kappa shape index (κ1) is 13.6. The molecule has 1 aromatic heterocycles. The Labute approximate surface area is 125 Å². The minimum absolute atomic E-state index is 0.299. The number of halogens is 1. The van der Waals surface area contributed by atoms with Crippen molar-refractivity contribution in [2.75, 3.05) is 5.32 Å². The van der Waals surface area contributed by atoms with E-state index in [1.807, 2.05) is 0 Å². The van der Waals surface area contributed by atoms with Gasteiger partial charge >= 0.3 is 0 Å². The zero-order chi connectivity index (χ0) is 15.1. The summed E-state index contributed by atoms with van der Waals surface area (Å²) in [7, 11) is 1.76. The number of rotatable bonds is 2. The number of amides is 1. The summed E-state index contributed by atoms with van der Waals surface area (Å²) in [5.41, 5.74) is 0.978. The average Bonchev–Trinajstić information content (AvgIpc) is 2.84. The number of carbonyl (C=O) groups excluding carboxylic acids is 3. The van der Waals surface area contributed by atoms with Crippen molar-refractivity contribution >= 4 is 34.8 Å². The summed E-state index contributed by atoms with van der Waals surface area (Å²) in [5, 5.41) is 2.98. The van der Waals surface area contributed by atoms with Crippen LogP contribution < -0.4 is 5.32 Å². The van der Waals surface area contributed by atoms with Gasteiger partial charge in [-0.15, -0.1) is 0 Å². The molecular formula is C15H11ClN2O3. The molecule has 2 aromatic rings. The zero-order valence-electron chi connectivity index (χ0n) is 11.1. The monoisotopic (exact) mass is 302 g/mol. The highest BCUT2D eigenvalue weighted by Crippen LogP contribution is 2.29. The topological polar surface area (TPSA) is 68.2 Å². The fourth-order valence-corrected chi connectivity index (χ4v) is 2.54. The molecule has 1 unspecified atom stereocenters. The van der Waals surface area contributed by atoms with E-state index in [1.165, 1.54) is 12.1 Å². The van der Waals surface area contributed by atoms with Crippen LogP contribution in [0.2, 0.25) is 5.02 Å². The van der Waals surface area contributed by atoms with Gasteiger partial charge in [-0.1, -0.05) is 11.6 Å². The van der Waals surface area contributed by atoms with Crippen LogP contribution >= 0.6 is 11.6 Å². The van der Waals surface area contributed by atoms with E-state index in [9.17, 15) is 14.4 Å². The molecule has 2 heterocycles. The average molecular weight is 303 g/mol. The maximum Gasteiger partial charge on any atom is 0.243 e. The number of fused-ring (bicyclic) bond motifs is 1. The predicted molar refractivity (Wildman–Crippen MR) is 77.6 cm³/mol. The first-order valence-electron chi connectivity index (χ1n) is 6.28. The number of ketones is 2. The third-order valence-electron chi connectivity index (χ3n) is 3.41. The van der Waals surface area contributed by atoms with Gasteiger partial charge in [-0.3, -0.25) is 14.4 Å². The number of benzene rings is 1. The molecule has 1 aliphatic heterocycles. The molecule has 1 amide bonds. The molecule has 0 spiro atoms. The van der Waals surface area contributed by atoms with Crippen LogP contribution in [0.1, 0.15) is 20.7 Å². The molecule has 0 saturated carbocycles. The molecule has 6 heteroatoms. The number of hydrogen-bond acceptors (Lipinski definition) is 3. The lowest BCUT2D eigenvalue weighted by atomic mass is 9.86. The van der Waals surface area contributed by atoms with Gasteiger partial charge in [0.05, 0.1) is 5.69 Å². The van der Waals surface area contributed by atoms with Crippen LogP contribution in [0.4, 0.5) is 5.69 Å². The van der Waals surface area contributed by atoms with E-state index in [0.29, 0.717) is 21.8 Å². The van der Waals surface area contributed by atoms with E-state index in [4.69, 9.17) is 11.6 Å². The highest BCUT2D eigenvalue weighted by atomic mass is 35.5. The third-order valence-corrected chi connectivity index (χ3v) is 3.64. The fraction of sp³-hybridized carbons (Fsp3) is 0.133. The molecule has 3 rings (SSSR count). The van der Waals surface area contributed by atoms with Crippen molar-refractivity contribution in [3.63, 3.8) is 0 Å². The van der Waals surface area contributed by atoms with E-state index >= 15 is 0 Å². The number of aromatic nitrogens is 1. The van der Waals surface area contributed by atoms with Gasteiger partial charge in [0.1, 0.15) is 0 Å². The van der Waals surface area contributed by atoms with Gasteiger partial charge in [-0.25, -0.2) is 0 Å². The van der Waals surface area contributed by atoms with Gasteiger partial charge in [0, 0.05) is 35.6 Å². The Kier molecular flexibility index (Phi) is 3.14. The highest BCUT2D eigenvalue weighted by molar-refractivity contribution is 6.35. The van der Waals surface area contributed by atoms with E-state index < -0.39 is 23.4 Å². The third kappa shape index (κ3) is 2.25. The largest absolute Gasteiger partial charge is 0.357 e. The van der Waals surface area contributed by atoms with Crippen LogP contribution in [-0.2, 0) is 11.8 Å². The van der Waals surface area contributed by atoms with Crippen molar-refractivity contribution in [2.24, 2.45) is 13.0 Å². The first-order chi connectivity index (χ1) is 9.97. The molecule has 0 bridgehead atoms. The summed E-state index contributed by atoms with van der Waals surface area (Å²) >= 11 is 5.84. The van der Waals surface area contributed by atoms with E-state index in [2.05, 4.69) is 5.32 Å².